The summed E-state index contributed by atoms with van der Waals surface area (Å²) < 4.78 is 0. The molecule has 1 heteroatoms. The number of anilines is 3. The van der Waals surface area contributed by atoms with Crippen LogP contribution in [-0.4, -0.2) is 0 Å². The maximum Gasteiger partial charge on any atom is 0.0540 e. The van der Waals surface area contributed by atoms with Crippen molar-refractivity contribution < 1.29 is 0 Å². The largest absolute Gasteiger partial charge is 0.310 e. The monoisotopic (exact) mass is 775 g/mol. The molecule has 0 aromatic heterocycles. The van der Waals surface area contributed by atoms with E-state index in [0.717, 1.165) is 23.4 Å². The van der Waals surface area contributed by atoms with E-state index < -0.39 is 0 Å². The fraction of sp³-hybridized carbons (Fsp3) is 0.254. The van der Waals surface area contributed by atoms with Crippen LogP contribution in [0.25, 0.3) is 39.0 Å². The summed E-state index contributed by atoms with van der Waals surface area (Å²) in [5, 5.41) is 0. The number of nitrogens with zero attached hydrogens (tertiary/aromatic N) is 1. The van der Waals surface area contributed by atoms with E-state index in [4.69, 9.17) is 0 Å². The van der Waals surface area contributed by atoms with Gasteiger partial charge in [0.1, 0.15) is 0 Å². The Morgan fingerprint density at radius 2 is 1.10 bits per heavy atom. The van der Waals surface area contributed by atoms with E-state index >= 15 is 0 Å². The van der Waals surface area contributed by atoms with E-state index in [-0.39, 0.29) is 5.41 Å². The molecule has 6 aromatic carbocycles. The third kappa shape index (κ3) is 5.80. The standard InChI is InChI=1S/C59H53N/c1-58(2)55-18-9-8-16-52(55)53-29-28-49(35-56(53)58)60(57-30-23-46(34-54(57)45-11-4-3-5-12-45)51-17-10-14-44-13-6-7-15-50(44)51)48-26-21-43(22-27-48)42-19-24-47(25-20-42)59-36-39-31-40(37-59)33-41(32-39)38-59/h3-30,34-35,39-41,44,50H,31-33,36-38H2,1-2H3. The zero-order chi connectivity index (χ0) is 40.0. The molecular weight excluding hydrogens is 723 g/mol. The first-order chi connectivity index (χ1) is 29.4. The summed E-state index contributed by atoms with van der Waals surface area (Å²) in [6.45, 7) is 4.77. The van der Waals surface area contributed by atoms with E-state index in [9.17, 15) is 0 Å². The Balaban J connectivity index is 0.964. The van der Waals surface area contributed by atoms with Gasteiger partial charge in [-0.3, -0.25) is 0 Å². The molecule has 4 saturated carbocycles. The van der Waals surface area contributed by atoms with Gasteiger partial charge >= 0.3 is 0 Å². The van der Waals surface area contributed by atoms with Gasteiger partial charge in [0.2, 0.25) is 0 Å². The summed E-state index contributed by atoms with van der Waals surface area (Å²) in [6.07, 6.45) is 24.7. The molecule has 7 aliphatic rings. The minimum atomic E-state index is -0.106. The van der Waals surface area contributed by atoms with Gasteiger partial charge in [0.25, 0.3) is 0 Å². The number of hydrogen-bond donors (Lipinski definition) is 0. The van der Waals surface area contributed by atoms with Crippen LogP contribution in [0.15, 0.2) is 182 Å². The topological polar surface area (TPSA) is 3.24 Å². The maximum absolute atomic E-state index is 2.51. The average molecular weight is 776 g/mol. The normalized spacial score (nSPS) is 26.0. The van der Waals surface area contributed by atoms with Crippen molar-refractivity contribution in [1.29, 1.82) is 0 Å². The molecule has 6 aromatic rings. The van der Waals surface area contributed by atoms with Gasteiger partial charge in [-0.1, -0.05) is 160 Å². The lowest BCUT2D eigenvalue weighted by Crippen LogP contribution is -2.48. The quantitative estimate of drug-likeness (QED) is 0.156. The van der Waals surface area contributed by atoms with Gasteiger partial charge in [0.05, 0.1) is 5.69 Å². The molecule has 0 amide bonds. The van der Waals surface area contributed by atoms with Crippen LogP contribution in [0.2, 0.25) is 0 Å². The van der Waals surface area contributed by atoms with Crippen molar-refractivity contribution in [3.63, 3.8) is 0 Å². The van der Waals surface area contributed by atoms with E-state index in [1.807, 2.05) is 0 Å². The zero-order valence-electron chi connectivity index (χ0n) is 34.9. The Morgan fingerprint density at radius 1 is 0.483 bits per heavy atom. The van der Waals surface area contributed by atoms with Crippen molar-refractivity contribution in [2.45, 2.75) is 63.2 Å². The highest BCUT2D eigenvalue weighted by atomic mass is 15.1. The van der Waals surface area contributed by atoms with E-state index in [2.05, 4.69) is 201 Å². The van der Waals surface area contributed by atoms with Gasteiger partial charge in [-0.2, -0.15) is 0 Å². The van der Waals surface area contributed by atoms with Crippen molar-refractivity contribution in [2.75, 3.05) is 4.90 Å². The summed E-state index contributed by atoms with van der Waals surface area (Å²) in [5.74, 6) is 3.59. The van der Waals surface area contributed by atoms with Crippen molar-refractivity contribution in [2.24, 2.45) is 29.6 Å². The molecule has 1 nitrogen and oxygen atoms in total. The second-order valence-corrected chi connectivity index (χ2v) is 19.5. The molecule has 7 aliphatic carbocycles. The lowest BCUT2D eigenvalue weighted by molar-refractivity contribution is -0.00518. The molecule has 0 radical (unpaired) electrons. The van der Waals surface area contributed by atoms with Crippen LogP contribution in [0.3, 0.4) is 0 Å². The number of hydrogen-bond acceptors (Lipinski definition) is 1. The molecule has 4 fully saturated rings. The molecule has 0 spiro atoms. The fourth-order valence-electron chi connectivity index (χ4n) is 13.1. The molecule has 4 bridgehead atoms. The molecule has 0 heterocycles. The third-order valence-electron chi connectivity index (χ3n) is 15.6. The first kappa shape index (κ1) is 36.0. The third-order valence-corrected chi connectivity index (χ3v) is 15.6. The Labute approximate surface area is 356 Å². The predicted molar refractivity (Wildman–Crippen MR) is 252 cm³/mol. The van der Waals surface area contributed by atoms with Gasteiger partial charge in [0, 0.05) is 34.2 Å². The van der Waals surface area contributed by atoms with Crippen molar-refractivity contribution in [1.82, 2.24) is 0 Å². The van der Waals surface area contributed by atoms with Crippen LogP contribution in [0.5, 0.6) is 0 Å². The number of benzene rings is 6. The maximum atomic E-state index is 2.51. The number of allylic oxidation sites excluding steroid dienone is 8. The number of fused-ring (bicyclic) bond motifs is 4. The van der Waals surface area contributed by atoms with Crippen molar-refractivity contribution >= 4 is 22.6 Å². The highest BCUT2D eigenvalue weighted by Crippen LogP contribution is 2.61. The molecule has 294 valence electrons. The van der Waals surface area contributed by atoms with Crippen molar-refractivity contribution in [3.05, 3.63) is 204 Å². The minimum absolute atomic E-state index is 0.106. The van der Waals surface area contributed by atoms with E-state index in [1.165, 1.54) is 106 Å². The zero-order valence-corrected chi connectivity index (χ0v) is 34.9. The second kappa shape index (κ2) is 13.8. The van der Waals surface area contributed by atoms with E-state index in [1.54, 1.807) is 5.56 Å². The first-order valence-electron chi connectivity index (χ1n) is 22.6. The van der Waals surface area contributed by atoms with Crippen LogP contribution in [-0.2, 0) is 10.8 Å². The van der Waals surface area contributed by atoms with Crippen LogP contribution in [0.1, 0.15) is 74.6 Å². The summed E-state index contributed by atoms with van der Waals surface area (Å²) in [5.41, 5.74) is 18.5. The summed E-state index contributed by atoms with van der Waals surface area (Å²) in [6, 6.07) is 53.5. The average Bonchev–Trinajstić information content (AvgIpc) is 3.52. The number of rotatable bonds is 7. The smallest absolute Gasteiger partial charge is 0.0540 e. The Morgan fingerprint density at radius 3 is 1.85 bits per heavy atom. The minimum Gasteiger partial charge on any atom is -0.310 e. The second-order valence-electron chi connectivity index (χ2n) is 19.5. The van der Waals surface area contributed by atoms with Gasteiger partial charge < -0.3 is 4.90 Å². The SMILES string of the molecule is CC1(C)c2ccccc2-c2ccc(N(c3ccc(-c4ccc(C56CC7CC(CC(C7)C5)C6)cc4)cc3)c3ccc(C4=CC=CC5C=CC=CC45)cc3-c3ccccc3)cc21. The van der Waals surface area contributed by atoms with Gasteiger partial charge in [-0.05, 0) is 154 Å². The molecule has 0 N–H and O–H groups in total. The highest BCUT2D eigenvalue weighted by Gasteiger charge is 2.51. The lowest BCUT2D eigenvalue weighted by Gasteiger charge is -2.57. The Kier molecular flexibility index (Phi) is 8.28. The van der Waals surface area contributed by atoms with Crippen molar-refractivity contribution in [3.8, 4) is 33.4 Å². The molecule has 0 saturated heterocycles. The Bertz CT molecular complexity index is 2720. The highest BCUT2D eigenvalue weighted by molar-refractivity contribution is 5.92. The first-order valence-corrected chi connectivity index (χ1v) is 22.6. The van der Waals surface area contributed by atoms with Crippen LogP contribution in [0, 0.1) is 29.6 Å². The molecular formula is C59H53N. The predicted octanol–water partition coefficient (Wildman–Crippen LogP) is 15.6. The molecule has 0 aliphatic heterocycles. The Hall–Kier alpha value is -5.92. The fourth-order valence-corrected chi connectivity index (χ4v) is 13.1. The molecule has 13 rings (SSSR count). The van der Waals surface area contributed by atoms with Gasteiger partial charge in [0.15, 0.2) is 0 Å². The summed E-state index contributed by atoms with van der Waals surface area (Å²) in [4.78, 5) is 2.51. The van der Waals surface area contributed by atoms with Crippen LogP contribution in [0.4, 0.5) is 17.1 Å². The van der Waals surface area contributed by atoms with Crippen LogP contribution >= 0.6 is 0 Å². The molecule has 60 heavy (non-hydrogen) atoms. The van der Waals surface area contributed by atoms with Gasteiger partial charge in [-0.15, -0.1) is 0 Å². The lowest BCUT2D eigenvalue weighted by atomic mass is 9.48. The molecule has 2 atom stereocenters. The summed E-state index contributed by atoms with van der Waals surface area (Å²) in [7, 11) is 0. The summed E-state index contributed by atoms with van der Waals surface area (Å²) >= 11 is 0. The van der Waals surface area contributed by atoms with Crippen LogP contribution < -0.4 is 4.90 Å². The molecule has 2 unspecified atom stereocenters. The van der Waals surface area contributed by atoms with Gasteiger partial charge in [-0.25, -0.2) is 0 Å². The van der Waals surface area contributed by atoms with E-state index in [0.29, 0.717) is 17.3 Å².